The van der Waals surface area contributed by atoms with E-state index in [1.165, 1.54) is 18.4 Å². The molecule has 3 fully saturated rings. The molecule has 0 atom stereocenters. The summed E-state index contributed by atoms with van der Waals surface area (Å²) in [6.07, 6.45) is 9.74. The van der Waals surface area contributed by atoms with Gasteiger partial charge in [-0.1, -0.05) is 24.3 Å². The average molecular weight is 547 g/mol. The lowest BCUT2D eigenvalue weighted by Crippen LogP contribution is -2.49. The molecule has 214 valence electrons. The molecule has 6 rings (SSSR count). The van der Waals surface area contributed by atoms with Crippen LogP contribution in [0, 0.1) is 0 Å². The number of anilines is 1. The number of hydrogen-bond acceptors (Lipinski definition) is 7. The minimum Gasteiger partial charge on any atom is -0.444 e. The van der Waals surface area contributed by atoms with Gasteiger partial charge >= 0.3 is 6.09 Å². The largest absolute Gasteiger partial charge is 0.444 e. The lowest BCUT2D eigenvalue weighted by Gasteiger charge is -2.35. The molecular formula is C31H42N6O3. The van der Waals surface area contributed by atoms with E-state index in [1.54, 1.807) is 4.90 Å². The van der Waals surface area contributed by atoms with Gasteiger partial charge in [0.2, 0.25) is 5.95 Å². The molecule has 3 heterocycles. The summed E-state index contributed by atoms with van der Waals surface area (Å²) in [7, 11) is 0. The van der Waals surface area contributed by atoms with Crippen molar-refractivity contribution in [1.29, 1.82) is 0 Å². The summed E-state index contributed by atoms with van der Waals surface area (Å²) in [6, 6.07) is 9.65. The predicted molar refractivity (Wildman–Crippen MR) is 156 cm³/mol. The first-order chi connectivity index (χ1) is 19.2. The molecular weight excluding hydrogens is 504 g/mol. The van der Waals surface area contributed by atoms with Gasteiger partial charge in [-0.2, -0.15) is 4.98 Å². The van der Waals surface area contributed by atoms with E-state index in [4.69, 9.17) is 9.72 Å². The number of carbonyl (C=O) groups is 1. The van der Waals surface area contributed by atoms with Gasteiger partial charge in [0.1, 0.15) is 11.2 Å². The van der Waals surface area contributed by atoms with Crippen LogP contribution in [0.1, 0.15) is 70.9 Å². The first kappa shape index (κ1) is 27.0. The van der Waals surface area contributed by atoms with Crippen LogP contribution >= 0.6 is 0 Å². The zero-order valence-corrected chi connectivity index (χ0v) is 24.0. The quantitative estimate of drug-likeness (QED) is 0.439. The van der Waals surface area contributed by atoms with Gasteiger partial charge < -0.3 is 24.6 Å². The second-order valence-corrected chi connectivity index (χ2v) is 12.7. The van der Waals surface area contributed by atoms with Crippen molar-refractivity contribution in [2.45, 2.75) is 89.6 Å². The third kappa shape index (κ3) is 6.25. The number of aromatic nitrogens is 3. The van der Waals surface area contributed by atoms with Crippen molar-refractivity contribution in [3.63, 3.8) is 0 Å². The van der Waals surface area contributed by atoms with E-state index in [9.17, 15) is 9.90 Å². The Balaban J connectivity index is 1.16. The molecule has 9 nitrogen and oxygen atoms in total. The highest BCUT2D eigenvalue weighted by Crippen LogP contribution is 2.37. The van der Waals surface area contributed by atoms with Gasteiger partial charge in [0.15, 0.2) is 0 Å². The van der Waals surface area contributed by atoms with Crippen LogP contribution in [0.2, 0.25) is 0 Å². The van der Waals surface area contributed by atoms with Crippen LogP contribution in [0.5, 0.6) is 0 Å². The number of benzene rings is 1. The number of nitrogens with one attached hydrogen (secondary N) is 1. The van der Waals surface area contributed by atoms with E-state index in [0.29, 0.717) is 31.1 Å². The van der Waals surface area contributed by atoms with Crippen LogP contribution in [0.15, 0.2) is 36.7 Å². The van der Waals surface area contributed by atoms with E-state index in [0.717, 1.165) is 67.5 Å². The molecule has 1 amide bonds. The maximum absolute atomic E-state index is 12.4. The second kappa shape index (κ2) is 11.0. The highest BCUT2D eigenvalue weighted by molar-refractivity contribution is 5.94. The minimum atomic E-state index is -0.469. The fourth-order valence-corrected chi connectivity index (χ4v) is 5.82. The van der Waals surface area contributed by atoms with Crippen LogP contribution in [-0.2, 0) is 11.3 Å². The van der Waals surface area contributed by atoms with E-state index in [-0.39, 0.29) is 12.2 Å². The Bertz CT molecular complexity index is 1330. The van der Waals surface area contributed by atoms with E-state index in [1.807, 2.05) is 27.0 Å². The van der Waals surface area contributed by atoms with E-state index < -0.39 is 5.60 Å². The summed E-state index contributed by atoms with van der Waals surface area (Å²) in [6.45, 7) is 9.60. The Morgan fingerprint density at radius 2 is 1.73 bits per heavy atom. The maximum atomic E-state index is 12.4. The summed E-state index contributed by atoms with van der Waals surface area (Å²) >= 11 is 0. The van der Waals surface area contributed by atoms with Gasteiger partial charge in [0, 0.05) is 68.2 Å². The molecule has 1 aliphatic heterocycles. The molecule has 0 radical (unpaired) electrons. The Kier molecular flexibility index (Phi) is 7.44. The van der Waals surface area contributed by atoms with Gasteiger partial charge in [0.05, 0.1) is 6.10 Å². The van der Waals surface area contributed by atoms with Crippen molar-refractivity contribution in [2.24, 2.45) is 0 Å². The van der Waals surface area contributed by atoms with E-state index in [2.05, 4.69) is 50.2 Å². The minimum absolute atomic E-state index is 0.188. The molecule has 0 bridgehead atoms. The molecule has 2 aromatic heterocycles. The van der Waals surface area contributed by atoms with Gasteiger partial charge in [-0.05, 0) is 70.4 Å². The van der Waals surface area contributed by atoms with Crippen molar-refractivity contribution >= 4 is 23.1 Å². The third-order valence-corrected chi connectivity index (χ3v) is 8.24. The lowest BCUT2D eigenvalue weighted by atomic mass is 9.93. The summed E-state index contributed by atoms with van der Waals surface area (Å²) in [4.78, 5) is 26.2. The van der Waals surface area contributed by atoms with Crippen LogP contribution in [0.25, 0.3) is 22.2 Å². The van der Waals surface area contributed by atoms with Crippen molar-refractivity contribution in [2.75, 3.05) is 31.5 Å². The smallest absolute Gasteiger partial charge is 0.410 e. The monoisotopic (exact) mass is 546 g/mol. The number of rotatable bonds is 6. The van der Waals surface area contributed by atoms with Crippen LogP contribution in [0.3, 0.4) is 0 Å². The number of carbonyl (C=O) groups excluding carboxylic acids is 1. The average Bonchev–Trinajstić information content (AvgIpc) is 3.67. The number of aliphatic hydroxyl groups excluding tert-OH is 1. The number of hydrogen-bond donors (Lipinski definition) is 2. The van der Waals surface area contributed by atoms with Crippen molar-refractivity contribution in [1.82, 2.24) is 24.3 Å². The Hall–Kier alpha value is -3.17. The van der Waals surface area contributed by atoms with Crippen LogP contribution in [0.4, 0.5) is 10.7 Å². The molecule has 1 aromatic carbocycles. The van der Waals surface area contributed by atoms with Crippen LogP contribution < -0.4 is 5.32 Å². The van der Waals surface area contributed by atoms with Crippen molar-refractivity contribution in [3.8, 4) is 11.1 Å². The van der Waals surface area contributed by atoms with E-state index >= 15 is 0 Å². The predicted octanol–water partition coefficient (Wildman–Crippen LogP) is 5.20. The highest BCUT2D eigenvalue weighted by Gasteiger charge is 2.27. The Labute approximate surface area is 236 Å². The number of nitrogens with zero attached hydrogens (tertiary/aromatic N) is 5. The molecule has 2 aliphatic carbocycles. The number of ether oxygens (including phenoxy) is 1. The number of fused-ring (bicyclic) bond motifs is 1. The van der Waals surface area contributed by atoms with Gasteiger partial charge in [-0.25, -0.2) is 9.78 Å². The molecule has 0 spiro atoms. The fourth-order valence-electron chi connectivity index (χ4n) is 5.82. The Morgan fingerprint density at radius 3 is 2.38 bits per heavy atom. The zero-order chi connectivity index (χ0) is 27.9. The first-order valence-electron chi connectivity index (χ1n) is 14.8. The van der Waals surface area contributed by atoms with Gasteiger partial charge in [-0.15, -0.1) is 0 Å². The molecule has 40 heavy (non-hydrogen) atoms. The third-order valence-electron chi connectivity index (χ3n) is 8.24. The molecule has 2 saturated carbocycles. The van der Waals surface area contributed by atoms with Gasteiger partial charge in [0.25, 0.3) is 0 Å². The normalized spacial score (nSPS) is 22.4. The topological polar surface area (TPSA) is 95.8 Å². The maximum Gasteiger partial charge on any atom is 0.410 e. The number of aliphatic hydroxyl groups is 1. The second-order valence-electron chi connectivity index (χ2n) is 12.7. The summed E-state index contributed by atoms with van der Waals surface area (Å²) in [5, 5.41) is 14.6. The molecule has 9 heteroatoms. The van der Waals surface area contributed by atoms with Crippen LogP contribution in [-0.4, -0.2) is 79.5 Å². The zero-order valence-electron chi connectivity index (χ0n) is 24.0. The molecule has 0 unspecified atom stereocenters. The summed E-state index contributed by atoms with van der Waals surface area (Å²) in [5.41, 5.74) is 4.07. The SMILES string of the molecule is CC(C)(C)OC(=O)N1CCN(Cc2ccc(-c3cn([C@H]4CC[C@H](O)CC4)c4nc(NC5CC5)ncc34)cc2)CC1. The molecule has 3 aromatic rings. The Morgan fingerprint density at radius 1 is 1.02 bits per heavy atom. The van der Waals surface area contributed by atoms with Crippen molar-refractivity contribution in [3.05, 3.63) is 42.2 Å². The molecule has 1 saturated heterocycles. The number of amides is 1. The number of piperazine rings is 1. The standard InChI is InChI=1S/C31H42N6O3/c1-31(2,3)40-30(39)36-16-14-35(15-17-36)19-21-4-6-22(7-5-21)27-20-37(24-10-12-25(38)13-11-24)28-26(27)18-32-29(34-28)33-23-8-9-23/h4-7,18,20,23-25,38H,8-17,19H2,1-3H3,(H,32,33,34)/t24-,25-. The molecule has 3 aliphatic rings. The summed E-state index contributed by atoms with van der Waals surface area (Å²) < 4.78 is 7.86. The molecule has 2 N–H and O–H groups in total. The highest BCUT2D eigenvalue weighted by atomic mass is 16.6. The summed E-state index contributed by atoms with van der Waals surface area (Å²) in [5.74, 6) is 0.707. The fraction of sp³-hybridized carbons (Fsp3) is 0.581. The first-order valence-corrected chi connectivity index (χ1v) is 14.8. The van der Waals surface area contributed by atoms with Crippen molar-refractivity contribution < 1.29 is 14.6 Å². The lowest BCUT2D eigenvalue weighted by molar-refractivity contribution is 0.0139. The van der Waals surface area contributed by atoms with Gasteiger partial charge in [-0.3, -0.25) is 4.90 Å².